The second kappa shape index (κ2) is 10.1. The molecule has 5 nitrogen and oxygen atoms in total. The van der Waals surface area contributed by atoms with Crippen LogP contribution in [0.5, 0.6) is 5.75 Å². The molecule has 144 valence electrons. The van der Waals surface area contributed by atoms with E-state index < -0.39 is 10.8 Å². The summed E-state index contributed by atoms with van der Waals surface area (Å²) in [5, 5.41) is 6.56. The standard InChI is InChI=1S/C21H27N3O2S/c1-22-21(24-12-14-27(25)16-18-5-3-2-4-6-18)23-11-9-17-7-8-20-19(15-17)10-13-26-20/h2-8,15H,9-14,16H2,1H3,(H2,22,23,24). The molecule has 0 fully saturated rings. The average molecular weight is 386 g/mol. The van der Waals surface area contributed by atoms with Gasteiger partial charge in [0.05, 0.1) is 6.61 Å². The zero-order valence-corrected chi connectivity index (χ0v) is 16.6. The van der Waals surface area contributed by atoms with Gasteiger partial charge in [-0.25, -0.2) is 0 Å². The Kier molecular flexibility index (Phi) is 7.27. The first-order valence-corrected chi connectivity index (χ1v) is 10.8. The number of aliphatic imine (C=N–C) groups is 1. The molecular weight excluding hydrogens is 358 g/mol. The second-order valence-electron chi connectivity index (χ2n) is 6.49. The molecular formula is C21H27N3O2S. The van der Waals surface area contributed by atoms with Crippen LogP contribution in [-0.2, 0) is 29.4 Å². The van der Waals surface area contributed by atoms with Gasteiger partial charge in [-0.2, -0.15) is 0 Å². The minimum absolute atomic E-state index is 0.594. The summed E-state index contributed by atoms with van der Waals surface area (Å²) in [7, 11) is 0.871. The predicted molar refractivity (Wildman–Crippen MR) is 112 cm³/mol. The van der Waals surface area contributed by atoms with Crippen LogP contribution in [0.25, 0.3) is 0 Å². The smallest absolute Gasteiger partial charge is 0.191 e. The second-order valence-corrected chi connectivity index (χ2v) is 8.07. The van der Waals surface area contributed by atoms with Crippen LogP contribution in [0, 0.1) is 0 Å². The molecule has 1 atom stereocenters. The molecule has 3 rings (SSSR count). The lowest BCUT2D eigenvalue weighted by Crippen LogP contribution is -2.40. The first-order chi connectivity index (χ1) is 13.2. The van der Waals surface area contributed by atoms with Crippen molar-refractivity contribution in [3.05, 3.63) is 65.2 Å². The lowest BCUT2D eigenvalue weighted by molar-refractivity contribution is 0.357. The molecule has 0 saturated heterocycles. The van der Waals surface area contributed by atoms with Gasteiger partial charge in [-0.1, -0.05) is 42.5 Å². The fraction of sp³-hybridized carbons (Fsp3) is 0.381. The molecule has 0 spiro atoms. The minimum Gasteiger partial charge on any atom is -0.493 e. The van der Waals surface area contributed by atoms with Crippen molar-refractivity contribution in [1.29, 1.82) is 0 Å². The van der Waals surface area contributed by atoms with Gasteiger partial charge in [0.2, 0.25) is 0 Å². The van der Waals surface area contributed by atoms with Crippen LogP contribution in [0.2, 0.25) is 0 Å². The molecule has 1 unspecified atom stereocenters. The first-order valence-electron chi connectivity index (χ1n) is 9.32. The maximum Gasteiger partial charge on any atom is 0.191 e. The van der Waals surface area contributed by atoms with E-state index in [0.29, 0.717) is 18.1 Å². The van der Waals surface area contributed by atoms with Crippen molar-refractivity contribution in [3.63, 3.8) is 0 Å². The molecule has 0 aliphatic carbocycles. The molecule has 1 aliphatic rings. The topological polar surface area (TPSA) is 62.7 Å². The average Bonchev–Trinajstić information content (AvgIpc) is 3.15. The molecule has 1 heterocycles. The van der Waals surface area contributed by atoms with Crippen LogP contribution < -0.4 is 15.4 Å². The van der Waals surface area contributed by atoms with Crippen LogP contribution in [0.4, 0.5) is 0 Å². The summed E-state index contributed by atoms with van der Waals surface area (Å²) in [6.07, 6.45) is 1.92. The van der Waals surface area contributed by atoms with Gasteiger partial charge in [0.15, 0.2) is 5.96 Å². The largest absolute Gasteiger partial charge is 0.493 e. The predicted octanol–water partition coefficient (Wildman–Crippen LogP) is 2.28. The summed E-state index contributed by atoms with van der Waals surface area (Å²) in [5.74, 6) is 2.96. The Hall–Kier alpha value is -2.34. The molecule has 2 aromatic carbocycles. The van der Waals surface area contributed by atoms with Gasteiger partial charge in [-0.15, -0.1) is 0 Å². The summed E-state index contributed by atoms with van der Waals surface area (Å²) in [4.78, 5) is 4.23. The molecule has 2 N–H and O–H groups in total. The molecule has 0 radical (unpaired) electrons. The third-order valence-corrected chi connectivity index (χ3v) is 5.79. The van der Waals surface area contributed by atoms with Crippen LogP contribution in [0.3, 0.4) is 0 Å². The summed E-state index contributed by atoms with van der Waals surface area (Å²) in [6.45, 7) is 2.22. The number of hydrogen-bond donors (Lipinski definition) is 2. The molecule has 0 bridgehead atoms. The van der Waals surface area contributed by atoms with Crippen molar-refractivity contribution in [3.8, 4) is 5.75 Å². The Balaban J connectivity index is 1.35. The lowest BCUT2D eigenvalue weighted by atomic mass is 10.1. The van der Waals surface area contributed by atoms with Crippen molar-refractivity contribution in [2.24, 2.45) is 4.99 Å². The molecule has 0 saturated carbocycles. The number of fused-ring (bicyclic) bond motifs is 1. The maximum atomic E-state index is 12.2. The van der Waals surface area contributed by atoms with Gasteiger partial charge >= 0.3 is 0 Å². The number of nitrogens with zero attached hydrogens (tertiary/aromatic N) is 1. The van der Waals surface area contributed by atoms with Crippen LogP contribution in [-0.4, -0.2) is 42.7 Å². The van der Waals surface area contributed by atoms with E-state index in [-0.39, 0.29) is 0 Å². The van der Waals surface area contributed by atoms with E-state index in [0.717, 1.165) is 43.3 Å². The van der Waals surface area contributed by atoms with E-state index >= 15 is 0 Å². The van der Waals surface area contributed by atoms with E-state index in [1.165, 1.54) is 11.1 Å². The van der Waals surface area contributed by atoms with E-state index in [1.54, 1.807) is 7.05 Å². The van der Waals surface area contributed by atoms with E-state index in [1.807, 2.05) is 30.3 Å². The highest BCUT2D eigenvalue weighted by Crippen LogP contribution is 2.25. The fourth-order valence-corrected chi connectivity index (χ4v) is 4.10. The lowest BCUT2D eigenvalue weighted by Gasteiger charge is -2.12. The van der Waals surface area contributed by atoms with Crippen molar-refractivity contribution in [2.45, 2.75) is 18.6 Å². The summed E-state index contributed by atoms with van der Waals surface area (Å²) in [5.41, 5.74) is 3.71. The Bertz CT molecular complexity index is 793. The monoisotopic (exact) mass is 385 g/mol. The quantitative estimate of drug-likeness (QED) is 0.541. The summed E-state index contributed by atoms with van der Waals surface area (Å²) < 4.78 is 17.7. The van der Waals surface area contributed by atoms with Crippen LogP contribution in [0.15, 0.2) is 53.5 Å². The number of rotatable bonds is 8. The maximum absolute atomic E-state index is 12.2. The van der Waals surface area contributed by atoms with Crippen LogP contribution in [0.1, 0.15) is 16.7 Å². The molecule has 1 aliphatic heterocycles. The van der Waals surface area contributed by atoms with Gasteiger partial charge in [-0.3, -0.25) is 9.20 Å². The van der Waals surface area contributed by atoms with Gasteiger partial charge in [0, 0.05) is 48.9 Å². The summed E-state index contributed by atoms with van der Waals surface area (Å²) in [6, 6.07) is 16.4. The Labute approximate surface area is 163 Å². The fourth-order valence-electron chi connectivity index (χ4n) is 3.06. The normalized spacial score (nSPS) is 14.3. The minimum atomic E-state index is -0.882. The zero-order chi connectivity index (χ0) is 18.9. The Morgan fingerprint density at radius 3 is 2.74 bits per heavy atom. The highest BCUT2D eigenvalue weighted by molar-refractivity contribution is 7.84. The van der Waals surface area contributed by atoms with Gasteiger partial charge in [0.1, 0.15) is 5.75 Å². The number of ether oxygens (including phenoxy) is 1. The molecule has 27 heavy (non-hydrogen) atoms. The third kappa shape index (κ3) is 6.10. The Morgan fingerprint density at radius 2 is 1.93 bits per heavy atom. The van der Waals surface area contributed by atoms with Crippen LogP contribution >= 0.6 is 0 Å². The molecule has 0 aromatic heterocycles. The molecule has 6 heteroatoms. The van der Waals surface area contributed by atoms with Crippen molar-refractivity contribution in [1.82, 2.24) is 10.6 Å². The van der Waals surface area contributed by atoms with Gasteiger partial charge in [0.25, 0.3) is 0 Å². The molecule has 0 amide bonds. The van der Waals surface area contributed by atoms with Crippen molar-refractivity contribution < 1.29 is 8.95 Å². The number of benzene rings is 2. The number of guanidine groups is 1. The van der Waals surface area contributed by atoms with Gasteiger partial charge in [-0.05, 0) is 29.2 Å². The van der Waals surface area contributed by atoms with E-state index in [9.17, 15) is 4.21 Å². The first kappa shape index (κ1) is 19.4. The SMILES string of the molecule is CN=C(NCCc1ccc2c(c1)CCO2)NCCS(=O)Cc1ccccc1. The number of hydrogen-bond acceptors (Lipinski definition) is 3. The summed E-state index contributed by atoms with van der Waals surface area (Å²) >= 11 is 0. The highest BCUT2D eigenvalue weighted by atomic mass is 32.2. The zero-order valence-electron chi connectivity index (χ0n) is 15.7. The van der Waals surface area contributed by atoms with Gasteiger partial charge < -0.3 is 15.4 Å². The molecule has 2 aromatic rings. The van der Waals surface area contributed by atoms with E-state index in [4.69, 9.17) is 4.74 Å². The van der Waals surface area contributed by atoms with E-state index in [2.05, 4.69) is 33.8 Å². The third-order valence-electron chi connectivity index (χ3n) is 4.48. The van der Waals surface area contributed by atoms with Crippen molar-refractivity contribution >= 4 is 16.8 Å². The Morgan fingerprint density at radius 1 is 1.11 bits per heavy atom. The highest BCUT2D eigenvalue weighted by Gasteiger charge is 2.11. The van der Waals surface area contributed by atoms with Crippen molar-refractivity contribution in [2.75, 3.05) is 32.5 Å². The number of nitrogens with one attached hydrogen (secondary N) is 2.